The summed E-state index contributed by atoms with van der Waals surface area (Å²) in [4.78, 5) is 2.44. The van der Waals surface area contributed by atoms with Gasteiger partial charge in [-0.3, -0.25) is 4.90 Å². The maximum Gasteiger partial charge on any atom is 0.0942 e. The quantitative estimate of drug-likeness (QED) is 0.863. The Balaban J connectivity index is 1.94. The second kappa shape index (κ2) is 6.35. The van der Waals surface area contributed by atoms with Crippen molar-refractivity contribution in [2.45, 2.75) is 45.3 Å². The molecule has 1 N–H and O–H groups in total. The van der Waals surface area contributed by atoms with Crippen molar-refractivity contribution in [1.82, 2.24) is 4.90 Å². The van der Waals surface area contributed by atoms with Gasteiger partial charge in [-0.25, -0.2) is 0 Å². The Bertz CT molecular complexity index is 351. The van der Waals surface area contributed by atoms with E-state index in [2.05, 4.69) is 18.7 Å². The first-order valence-corrected chi connectivity index (χ1v) is 7.19. The molecule has 2 rings (SSSR count). The zero-order chi connectivity index (χ0) is 13.0. The molecule has 0 aromatic heterocycles. The van der Waals surface area contributed by atoms with Crippen LogP contribution in [0.5, 0.6) is 0 Å². The molecule has 1 aromatic rings. The zero-order valence-corrected chi connectivity index (χ0v) is 11.5. The molecule has 0 bridgehead atoms. The number of rotatable bonds is 5. The summed E-state index contributed by atoms with van der Waals surface area (Å²) < 4.78 is 0. The lowest BCUT2D eigenvalue weighted by atomic mass is 10.0. The van der Waals surface area contributed by atoms with Crippen LogP contribution in [0.3, 0.4) is 0 Å². The highest BCUT2D eigenvalue weighted by Gasteiger charge is 2.29. The van der Waals surface area contributed by atoms with E-state index < -0.39 is 0 Å². The minimum Gasteiger partial charge on any atom is -0.387 e. The number of hydrogen-bond acceptors (Lipinski definition) is 2. The number of likely N-dealkylation sites (tertiary alicyclic amines) is 1. The lowest BCUT2D eigenvalue weighted by molar-refractivity contribution is 0.0692. The van der Waals surface area contributed by atoms with Gasteiger partial charge in [-0.2, -0.15) is 0 Å². The van der Waals surface area contributed by atoms with E-state index in [1.807, 2.05) is 30.3 Å². The van der Waals surface area contributed by atoms with Gasteiger partial charge in [0.2, 0.25) is 0 Å². The Kier molecular flexibility index (Phi) is 4.79. The SMILES string of the molecule is CCCC1CCN(C(C)C(O)c2ccccc2)C1. The lowest BCUT2D eigenvalue weighted by Gasteiger charge is -2.29. The Morgan fingerprint density at radius 2 is 2.06 bits per heavy atom. The Labute approximate surface area is 111 Å². The maximum absolute atomic E-state index is 10.4. The smallest absolute Gasteiger partial charge is 0.0942 e. The third kappa shape index (κ3) is 3.12. The minimum absolute atomic E-state index is 0.217. The van der Waals surface area contributed by atoms with Gasteiger partial charge < -0.3 is 5.11 Å². The van der Waals surface area contributed by atoms with Crippen molar-refractivity contribution in [3.8, 4) is 0 Å². The third-order valence-corrected chi connectivity index (χ3v) is 4.19. The highest BCUT2D eigenvalue weighted by atomic mass is 16.3. The predicted molar refractivity (Wildman–Crippen MR) is 75.5 cm³/mol. The normalized spacial score (nSPS) is 24.1. The van der Waals surface area contributed by atoms with Crippen LogP contribution in [0.25, 0.3) is 0 Å². The van der Waals surface area contributed by atoms with Gasteiger partial charge in [-0.15, -0.1) is 0 Å². The lowest BCUT2D eigenvalue weighted by Crippen LogP contribution is -2.35. The molecular weight excluding hydrogens is 222 g/mol. The van der Waals surface area contributed by atoms with Crippen LogP contribution in [0.1, 0.15) is 44.8 Å². The fourth-order valence-corrected chi connectivity index (χ4v) is 3.00. The molecule has 0 radical (unpaired) electrons. The van der Waals surface area contributed by atoms with Gasteiger partial charge in [0.05, 0.1) is 6.10 Å². The maximum atomic E-state index is 10.4. The summed E-state index contributed by atoms with van der Waals surface area (Å²) in [6.45, 7) is 6.69. The molecule has 1 heterocycles. The van der Waals surface area contributed by atoms with Crippen molar-refractivity contribution in [1.29, 1.82) is 0 Å². The molecule has 0 aliphatic carbocycles. The highest BCUT2D eigenvalue weighted by molar-refractivity contribution is 5.18. The van der Waals surface area contributed by atoms with Crippen LogP contribution in [0, 0.1) is 5.92 Å². The van der Waals surface area contributed by atoms with Crippen molar-refractivity contribution in [2.24, 2.45) is 5.92 Å². The molecular formula is C16H25NO. The molecule has 1 saturated heterocycles. The largest absolute Gasteiger partial charge is 0.387 e. The van der Waals surface area contributed by atoms with Crippen molar-refractivity contribution in [2.75, 3.05) is 13.1 Å². The van der Waals surface area contributed by atoms with E-state index in [1.165, 1.54) is 19.3 Å². The van der Waals surface area contributed by atoms with Crippen molar-refractivity contribution in [3.63, 3.8) is 0 Å². The van der Waals surface area contributed by atoms with E-state index in [0.29, 0.717) is 0 Å². The summed E-state index contributed by atoms with van der Waals surface area (Å²) in [6.07, 6.45) is 3.52. The number of nitrogens with zero attached hydrogens (tertiary/aromatic N) is 1. The van der Waals surface area contributed by atoms with Crippen molar-refractivity contribution < 1.29 is 5.11 Å². The van der Waals surface area contributed by atoms with Crippen molar-refractivity contribution in [3.05, 3.63) is 35.9 Å². The molecule has 1 aromatic carbocycles. The molecule has 0 saturated carbocycles. The molecule has 2 heteroatoms. The van der Waals surface area contributed by atoms with Gasteiger partial charge in [0.15, 0.2) is 0 Å². The molecule has 1 aliphatic rings. The predicted octanol–water partition coefficient (Wildman–Crippen LogP) is 3.23. The molecule has 0 amide bonds. The van der Waals surface area contributed by atoms with Crippen LogP contribution < -0.4 is 0 Å². The van der Waals surface area contributed by atoms with Gasteiger partial charge in [0, 0.05) is 12.6 Å². The summed E-state index contributed by atoms with van der Waals surface area (Å²) in [5, 5.41) is 10.4. The Morgan fingerprint density at radius 3 is 2.72 bits per heavy atom. The summed E-state index contributed by atoms with van der Waals surface area (Å²) in [6, 6.07) is 10.2. The molecule has 3 unspecified atom stereocenters. The number of aliphatic hydroxyl groups excluding tert-OH is 1. The summed E-state index contributed by atoms with van der Waals surface area (Å²) >= 11 is 0. The Hall–Kier alpha value is -0.860. The molecule has 1 aliphatic heterocycles. The fraction of sp³-hybridized carbons (Fsp3) is 0.625. The van der Waals surface area contributed by atoms with Crippen LogP contribution in [0.15, 0.2) is 30.3 Å². The van der Waals surface area contributed by atoms with Crippen molar-refractivity contribution >= 4 is 0 Å². The first kappa shape index (κ1) is 13.6. The number of hydrogen-bond donors (Lipinski definition) is 1. The molecule has 18 heavy (non-hydrogen) atoms. The molecule has 0 spiro atoms. The third-order valence-electron chi connectivity index (χ3n) is 4.19. The first-order chi connectivity index (χ1) is 8.72. The Morgan fingerprint density at radius 1 is 1.33 bits per heavy atom. The summed E-state index contributed by atoms with van der Waals surface area (Å²) in [5.74, 6) is 0.834. The second-order valence-corrected chi connectivity index (χ2v) is 5.53. The van der Waals surface area contributed by atoms with Crippen LogP contribution in [0.4, 0.5) is 0 Å². The van der Waals surface area contributed by atoms with E-state index in [4.69, 9.17) is 0 Å². The molecule has 100 valence electrons. The fourth-order valence-electron chi connectivity index (χ4n) is 3.00. The first-order valence-electron chi connectivity index (χ1n) is 7.19. The topological polar surface area (TPSA) is 23.5 Å². The van der Waals surface area contributed by atoms with Gasteiger partial charge in [-0.05, 0) is 37.8 Å². The van der Waals surface area contributed by atoms with E-state index >= 15 is 0 Å². The van der Waals surface area contributed by atoms with Gasteiger partial charge in [-0.1, -0.05) is 43.7 Å². The van der Waals surface area contributed by atoms with E-state index in [0.717, 1.165) is 24.6 Å². The second-order valence-electron chi connectivity index (χ2n) is 5.53. The molecule has 3 atom stereocenters. The monoisotopic (exact) mass is 247 g/mol. The number of aliphatic hydroxyl groups is 1. The number of benzene rings is 1. The summed E-state index contributed by atoms with van der Waals surface area (Å²) in [5.41, 5.74) is 1.03. The van der Waals surface area contributed by atoms with Crippen LogP contribution >= 0.6 is 0 Å². The standard InChI is InChI=1S/C16H25NO/c1-3-7-14-10-11-17(12-14)13(2)16(18)15-8-5-4-6-9-15/h4-6,8-9,13-14,16,18H,3,7,10-12H2,1-2H3. The van der Waals surface area contributed by atoms with E-state index in [1.54, 1.807) is 0 Å². The molecule has 1 fully saturated rings. The van der Waals surface area contributed by atoms with Gasteiger partial charge in [0.25, 0.3) is 0 Å². The average Bonchev–Trinajstić information content (AvgIpc) is 2.87. The zero-order valence-electron chi connectivity index (χ0n) is 11.5. The van der Waals surface area contributed by atoms with Gasteiger partial charge >= 0.3 is 0 Å². The van der Waals surface area contributed by atoms with E-state index in [9.17, 15) is 5.11 Å². The summed E-state index contributed by atoms with van der Waals surface area (Å²) in [7, 11) is 0. The highest BCUT2D eigenvalue weighted by Crippen LogP contribution is 2.27. The minimum atomic E-state index is -0.369. The van der Waals surface area contributed by atoms with Crippen LogP contribution in [-0.2, 0) is 0 Å². The van der Waals surface area contributed by atoms with Gasteiger partial charge in [0.1, 0.15) is 0 Å². The van der Waals surface area contributed by atoms with E-state index in [-0.39, 0.29) is 12.1 Å². The average molecular weight is 247 g/mol. The van der Waals surface area contributed by atoms with Crippen LogP contribution in [-0.4, -0.2) is 29.1 Å². The van der Waals surface area contributed by atoms with Crippen LogP contribution in [0.2, 0.25) is 0 Å². The molecule has 2 nitrogen and oxygen atoms in total.